The first-order valence-corrected chi connectivity index (χ1v) is 5.89. The van der Waals surface area contributed by atoms with Gasteiger partial charge in [-0.05, 0) is 13.8 Å². The topological polar surface area (TPSA) is 53.0 Å². The highest BCUT2D eigenvalue weighted by Crippen LogP contribution is 2.21. The molecule has 0 aromatic rings. The van der Waals surface area contributed by atoms with Crippen LogP contribution in [0.4, 0.5) is 0 Å². The minimum absolute atomic E-state index is 0.0135. The van der Waals surface area contributed by atoms with Gasteiger partial charge in [-0.15, -0.1) is 0 Å². The van der Waals surface area contributed by atoms with E-state index in [-0.39, 0.29) is 31.3 Å². The fourth-order valence-electron chi connectivity index (χ4n) is 2.48. The van der Waals surface area contributed by atoms with Crippen molar-refractivity contribution in [1.82, 2.24) is 9.80 Å². The highest BCUT2D eigenvalue weighted by atomic mass is 16.5. The van der Waals surface area contributed by atoms with Gasteiger partial charge in [0, 0.05) is 25.7 Å². The second-order valence-corrected chi connectivity index (χ2v) is 4.78. The number of aliphatic hydroxyl groups excluding tert-OH is 1. The summed E-state index contributed by atoms with van der Waals surface area (Å²) < 4.78 is 5.37. The number of nitrogens with zero attached hydrogens (tertiary/aromatic N) is 2. The van der Waals surface area contributed by atoms with Gasteiger partial charge in [0.1, 0.15) is 12.7 Å². The van der Waals surface area contributed by atoms with Gasteiger partial charge in [0.15, 0.2) is 0 Å². The van der Waals surface area contributed by atoms with E-state index in [1.165, 1.54) is 0 Å². The van der Waals surface area contributed by atoms with Crippen molar-refractivity contribution in [3.8, 4) is 0 Å². The van der Waals surface area contributed by atoms with Crippen LogP contribution in [-0.2, 0) is 9.53 Å². The highest BCUT2D eigenvalue weighted by Gasteiger charge is 2.40. The lowest BCUT2D eigenvalue weighted by Crippen LogP contribution is -2.65. The quantitative estimate of drug-likeness (QED) is 0.679. The molecule has 1 N–H and O–H groups in total. The van der Waals surface area contributed by atoms with Crippen molar-refractivity contribution < 1.29 is 14.6 Å². The lowest BCUT2D eigenvalue weighted by Gasteiger charge is -2.48. The summed E-state index contributed by atoms with van der Waals surface area (Å²) in [5.41, 5.74) is 0. The van der Waals surface area contributed by atoms with Crippen LogP contribution in [0.5, 0.6) is 0 Å². The second-order valence-electron chi connectivity index (χ2n) is 4.78. The Morgan fingerprint density at radius 1 is 1.50 bits per heavy atom. The van der Waals surface area contributed by atoms with Gasteiger partial charge < -0.3 is 14.7 Å². The van der Waals surface area contributed by atoms with E-state index in [0.717, 1.165) is 19.6 Å². The Balaban J connectivity index is 2.08. The maximum Gasteiger partial charge on any atom is 0.249 e. The van der Waals surface area contributed by atoms with Crippen molar-refractivity contribution in [1.29, 1.82) is 0 Å². The molecule has 0 unspecified atom stereocenters. The smallest absolute Gasteiger partial charge is 0.249 e. The summed E-state index contributed by atoms with van der Waals surface area (Å²) >= 11 is 0. The predicted octanol–water partition coefficient (Wildman–Crippen LogP) is -0.701. The monoisotopic (exact) mass is 228 g/mol. The number of morpholine rings is 1. The lowest BCUT2D eigenvalue weighted by atomic mass is 10.0. The molecule has 0 aromatic carbocycles. The van der Waals surface area contributed by atoms with Gasteiger partial charge in [-0.1, -0.05) is 0 Å². The maximum atomic E-state index is 11.7. The Labute approximate surface area is 96.0 Å². The highest BCUT2D eigenvalue weighted by molar-refractivity contribution is 5.78. The number of hydrogen-bond acceptors (Lipinski definition) is 4. The van der Waals surface area contributed by atoms with Gasteiger partial charge in [0.2, 0.25) is 5.91 Å². The zero-order valence-corrected chi connectivity index (χ0v) is 9.93. The van der Waals surface area contributed by atoms with Crippen LogP contribution in [0, 0.1) is 0 Å². The summed E-state index contributed by atoms with van der Waals surface area (Å²) in [6, 6.07) is 0.487. The standard InChI is InChI=1S/C11H20N2O3/c1-8(2)12-3-4-13-9(5-12)10(6-14)16-7-11(13)15/h8-10,14H,3-7H2,1-2H3/t9-,10-/m1/s1. The second kappa shape index (κ2) is 4.69. The predicted molar refractivity (Wildman–Crippen MR) is 59.0 cm³/mol. The van der Waals surface area contributed by atoms with E-state index in [1.54, 1.807) is 0 Å². The van der Waals surface area contributed by atoms with E-state index in [1.807, 2.05) is 4.90 Å². The van der Waals surface area contributed by atoms with Crippen molar-refractivity contribution in [3.63, 3.8) is 0 Å². The normalized spacial score (nSPS) is 32.0. The Hall–Kier alpha value is -0.650. The number of piperazine rings is 1. The zero-order chi connectivity index (χ0) is 11.7. The number of ether oxygens (including phenoxy) is 1. The number of rotatable bonds is 2. The summed E-state index contributed by atoms with van der Waals surface area (Å²) in [5, 5.41) is 9.26. The van der Waals surface area contributed by atoms with Crippen LogP contribution in [0.25, 0.3) is 0 Å². The minimum atomic E-state index is -0.223. The third kappa shape index (κ3) is 2.07. The average molecular weight is 228 g/mol. The van der Waals surface area contributed by atoms with Gasteiger partial charge in [-0.3, -0.25) is 9.69 Å². The zero-order valence-electron chi connectivity index (χ0n) is 9.93. The van der Waals surface area contributed by atoms with Crippen LogP contribution in [0.1, 0.15) is 13.8 Å². The molecule has 0 radical (unpaired) electrons. The molecule has 16 heavy (non-hydrogen) atoms. The molecule has 2 aliphatic rings. The minimum Gasteiger partial charge on any atom is -0.394 e. The summed E-state index contributed by atoms with van der Waals surface area (Å²) in [7, 11) is 0. The Morgan fingerprint density at radius 2 is 2.25 bits per heavy atom. The van der Waals surface area contributed by atoms with E-state index >= 15 is 0 Å². The van der Waals surface area contributed by atoms with Crippen LogP contribution in [-0.4, -0.2) is 71.8 Å². The van der Waals surface area contributed by atoms with Crippen molar-refractivity contribution in [2.75, 3.05) is 32.8 Å². The van der Waals surface area contributed by atoms with Crippen LogP contribution >= 0.6 is 0 Å². The van der Waals surface area contributed by atoms with Gasteiger partial charge in [-0.2, -0.15) is 0 Å². The van der Waals surface area contributed by atoms with Crippen molar-refractivity contribution in [3.05, 3.63) is 0 Å². The molecular weight excluding hydrogens is 208 g/mol. The Bertz CT molecular complexity index is 270. The van der Waals surface area contributed by atoms with Gasteiger partial charge in [-0.25, -0.2) is 0 Å². The molecule has 0 saturated carbocycles. The number of amides is 1. The van der Waals surface area contributed by atoms with E-state index in [4.69, 9.17) is 4.74 Å². The number of fused-ring (bicyclic) bond motifs is 1. The number of aliphatic hydroxyl groups is 1. The molecule has 2 heterocycles. The number of carbonyl (C=O) groups excluding carboxylic acids is 1. The number of hydrogen-bond donors (Lipinski definition) is 1. The first-order valence-electron chi connectivity index (χ1n) is 5.89. The van der Waals surface area contributed by atoms with Crippen molar-refractivity contribution in [2.45, 2.75) is 32.0 Å². The fourth-order valence-corrected chi connectivity index (χ4v) is 2.48. The molecule has 5 heteroatoms. The molecule has 2 saturated heterocycles. The molecule has 1 amide bonds. The van der Waals surface area contributed by atoms with Crippen molar-refractivity contribution >= 4 is 5.91 Å². The van der Waals surface area contributed by atoms with Crippen LogP contribution < -0.4 is 0 Å². The molecule has 2 atom stereocenters. The molecule has 2 rings (SSSR count). The largest absolute Gasteiger partial charge is 0.394 e. The summed E-state index contributed by atoms with van der Waals surface area (Å²) in [6.07, 6.45) is -0.223. The molecule has 5 nitrogen and oxygen atoms in total. The molecule has 2 aliphatic heterocycles. The van der Waals surface area contributed by atoms with Crippen LogP contribution in [0.15, 0.2) is 0 Å². The van der Waals surface area contributed by atoms with E-state index in [9.17, 15) is 9.90 Å². The molecule has 0 aromatic heterocycles. The van der Waals surface area contributed by atoms with Crippen LogP contribution in [0.2, 0.25) is 0 Å². The Morgan fingerprint density at radius 3 is 2.88 bits per heavy atom. The third-order valence-electron chi connectivity index (χ3n) is 3.53. The molecule has 0 spiro atoms. The molecule has 92 valence electrons. The van der Waals surface area contributed by atoms with Gasteiger partial charge in [0.05, 0.1) is 12.6 Å². The third-order valence-corrected chi connectivity index (χ3v) is 3.53. The summed E-state index contributed by atoms with van der Waals surface area (Å²) in [4.78, 5) is 15.9. The van der Waals surface area contributed by atoms with E-state index in [0.29, 0.717) is 6.04 Å². The molecule has 2 fully saturated rings. The van der Waals surface area contributed by atoms with E-state index in [2.05, 4.69) is 18.7 Å². The maximum absolute atomic E-state index is 11.7. The van der Waals surface area contributed by atoms with Gasteiger partial charge >= 0.3 is 0 Å². The van der Waals surface area contributed by atoms with E-state index < -0.39 is 0 Å². The summed E-state index contributed by atoms with van der Waals surface area (Å²) in [5.74, 6) is 0.0538. The molecular formula is C11H20N2O3. The first-order chi connectivity index (χ1) is 7.63. The first kappa shape index (κ1) is 11.8. The SMILES string of the molecule is CC(C)N1CCN2C(=O)CO[C@H](CO)[C@H]2C1. The molecule has 0 aliphatic carbocycles. The lowest BCUT2D eigenvalue weighted by molar-refractivity contribution is -0.167. The summed E-state index contributed by atoms with van der Waals surface area (Å²) in [6.45, 7) is 6.86. The van der Waals surface area contributed by atoms with Crippen molar-refractivity contribution in [2.24, 2.45) is 0 Å². The molecule has 0 bridgehead atoms. The average Bonchev–Trinajstić information content (AvgIpc) is 2.29. The number of carbonyl (C=O) groups is 1. The Kier molecular flexibility index (Phi) is 3.47. The van der Waals surface area contributed by atoms with Crippen LogP contribution in [0.3, 0.4) is 0 Å². The van der Waals surface area contributed by atoms with Gasteiger partial charge in [0.25, 0.3) is 0 Å². The fraction of sp³-hybridized carbons (Fsp3) is 0.909.